The Balaban J connectivity index is 2.34. The van der Waals surface area contributed by atoms with Gasteiger partial charge in [-0.15, -0.1) is 0 Å². The van der Waals surface area contributed by atoms with E-state index in [1.165, 1.54) is 11.1 Å². The van der Waals surface area contributed by atoms with Gasteiger partial charge >= 0.3 is 0 Å². The van der Waals surface area contributed by atoms with Gasteiger partial charge < -0.3 is 10.7 Å². The van der Waals surface area contributed by atoms with E-state index < -0.39 is 5.54 Å². The second-order valence-electron chi connectivity index (χ2n) is 4.73. The van der Waals surface area contributed by atoms with Crippen molar-refractivity contribution in [2.75, 3.05) is 0 Å². The van der Waals surface area contributed by atoms with Crippen molar-refractivity contribution in [1.82, 2.24) is 5.48 Å². The van der Waals surface area contributed by atoms with Gasteiger partial charge in [0.1, 0.15) is 0 Å². The lowest BCUT2D eigenvalue weighted by atomic mass is 10.0. The van der Waals surface area contributed by atoms with Gasteiger partial charge in [-0.25, -0.2) is 0 Å². The molecule has 0 aromatic rings. The lowest BCUT2D eigenvalue weighted by Gasteiger charge is -2.26. The highest BCUT2D eigenvalue weighted by Crippen LogP contribution is 2.28. The summed E-state index contributed by atoms with van der Waals surface area (Å²) in [6, 6.07) is 14.4. The van der Waals surface area contributed by atoms with Crippen molar-refractivity contribution in [2.24, 2.45) is 0 Å². The molecule has 0 bridgehead atoms. The van der Waals surface area contributed by atoms with E-state index >= 15 is 0 Å². The zero-order valence-corrected chi connectivity index (χ0v) is 10.1. The molecule has 2 heteroatoms. The molecule has 0 amide bonds. The highest BCUT2D eigenvalue weighted by atomic mass is 16.5. The normalized spacial score (nSPS) is 12.4. The highest BCUT2D eigenvalue weighted by molar-refractivity contribution is 5.78. The molecular formula is C15H16NO-. The van der Waals surface area contributed by atoms with Crippen molar-refractivity contribution in [1.29, 1.82) is 0 Å². The molecule has 0 saturated carbocycles. The van der Waals surface area contributed by atoms with Crippen molar-refractivity contribution in [2.45, 2.75) is 19.4 Å². The van der Waals surface area contributed by atoms with Gasteiger partial charge in [-0.05, 0) is 30.5 Å². The smallest absolute Gasteiger partial charge is 0.0196 e. The first-order valence-corrected chi connectivity index (χ1v) is 5.69. The van der Waals surface area contributed by atoms with Crippen LogP contribution in [0.2, 0.25) is 0 Å². The molecule has 1 N–H and O–H groups in total. The molecule has 0 heterocycles. The molecular weight excluding hydrogens is 210 g/mol. The summed E-state index contributed by atoms with van der Waals surface area (Å²) < 4.78 is 0. The molecule has 17 heavy (non-hydrogen) atoms. The van der Waals surface area contributed by atoms with Crippen LogP contribution in [0.4, 0.5) is 0 Å². The molecule has 0 radical (unpaired) electrons. The second-order valence-corrected chi connectivity index (χ2v) is 4.73. The summed E-state index contributed by atoms with van der Waals surface area (Å²) in [6.45, 7) is 3.70. The zero-order chi connectivity index (χ0) is 12.3. The van der Waals surface area contributed by atoms with Gasteiger partial charge in [0.2, 0.25) is 0 Å². The minimum Gasteiger partial charge on any atom is -0.787 e. The molecule has 0 unspecified atom stereocenters. The van der Waals surface area contributed by atoms with Gasteiger partial charge in [0.05, 0.1) is 0 Å². The maximum absolute atomic E-state index is 10.7. The zero-order valence-electron chi connectivity index (χ0n) is 10.1. The number of hydrogen-bond donors (Lipinski definition) is 1. The molecule has 2 aliphatic rings. The van der Waals surface area contributed by atoms with Crippen LogP contribution in [0.3, 0.4) is 0 Å². The van der Waals surface area contributed by atoms with Gasteiger partial charge in [-0.2, -0.15) is 0 Å². The van der Waals surface area contributed by atoms with E-state index in [0.29, 0.717) is 0 Å². The van der Waals surface area contributed by atoms with Crippen LogP contribution >= 0.6 is 0 Å². The molecule has 0 aliphatic heterocycles. The summed E-state index contributed by atoms with van der Waals surface area (Å²) in [6.07, 6.45) is 3.88. The summed E-state index contributed by atoms with van der Waals surface area (Å²) in [5, 5.41) is 10.7. The number of hydroxylamine groups is 1. The standard InChI is InChI=1S/C15H16NO/c1-15(2,16-17)11-10-13-9-8-12-6-4-3-5-7-14(12)13/h3-11,16H,1-2H3/q-1. The molecule has 2 aliphatic carbocycles. The minimum absolute atomic E-state index is 0.527. The third kappa shape index (κ3) is 2.73. The second kappa shape index (κ2) is 4.70. The van der Waals surface area contributed by atoms with Gasteiger partial charge in [0, 0.05) is 5.54 Å². The highest BCUT2D eigenvalue weighted by Gasteiger charge is 2.08. The maximum Gasteiger partial charge on any atom is 0.0196 e. The molecule has 0 atom stereocenters. The first kappa shape index (κ1) is 11.8. The summed E-state index contributed by atoms with van der Waals surface area (Å²) >= 11 is 0. The minimum atomic E-state index is -0.527. The lowest BCUT2D eigenvalue weighted by molar-refractivity contribution is 0.557. The summed E-state index contributed by atoms with van der Waals surface area (Å²) in [5.41, 5.74) is 5.04. The SMILES string of the molecule is CC(C)(C=Cc1ccc2cccccc1-2)N[O-]. The van der Waals surface area contributed by atoms with E-state index in [-0.39, 0.29) is 0 Å². The topological polar surface area (TPSA) is 35.1 Å². The Morgan fingerprint density at radius 1 is 1.06 bits per heavy atom. The van der Waals surface area contributed by atoms with Crippen molar-refractivity contribution in [3.8, 4) is 11.1 Å². The molecule has 2 nitrogen and oxygen atoms in total. The monoisotopic (exact) mass is 226 g/mol. The average Bonchev–Trinajstić information content (AvgIpc) is 2.55. The third-order valence-electron chi connectivity index (χ3n) is 2.77. The molecule has 0 spiro atoms. The maximum atomic E-state index is 10.7. The summed E-state index contributed by atoms with van der Waals surface area (Å²) in [4.78, 5) is 0. The Kier molecular flexibility index (Phi) is 3.27. The fourth-order valence-electron chi connectivity index (χ4n) is 1.72. The van der Waals surface area contributed by atoms with Gasteiger partial charge in [0.15, 0.2) is 0 Å². The predicted octanol–water partition coefficient (Wildman–Crippen LogP) is 3.67. The van der Waals surface area contributed by atoms with E-state index in [1.807, 2.05) is 49.7 Å². The molecule has 0 aromatic heterocycles. The van der Waals surface area contributed by atoms with Crippen LogP contribution < -0.4 is 5.48 Å². The predicted molar refractivity (Wildman–Crippen MR) is 72.7 cm³/mol. The van der Waals surface area contributed by atoms with E-state index in [1.54, 1.807) is 0 Å². The first-order valence-electron chi connectivity index (χ1n) is 5.69. The third-order valence-corrected chi connectivity index (χ3v) is 2.77. The van der Waals surface area contributed by atoms with Crippen LogP contribution in [0.25, 0.3) is 17.2 Å². The van der Waals surface area contributed by atoms with Crippen LogP contribution in [0.5, 0.6) is 0 Å². The average molecular weight is 226 g/mol. The largest absolute Gasteiger partial charge is 0.787 e. The van der Waals surface area contributed by atoms with E-state index in [0.717, 1.165) is 5.56 Å². The van der Waals surface area contributed by atoms with Gasteiger partial charge in [-0.1, -0.05) is 54.6 Å². The molecule has 0 saturated heterocycles. The first-order chi connectivity index (χ1) is 8.12. The Hall–Kier alpha value is -1.64. The number of hydrogen-bond acceptors (Lipinski definition) is 2. The Morgan fingerprint density at radius 3 is 2.59 bits per heavy atom. The van der Waals surface area contributed by atoms with Crippen LogP contribution in [0, 0.1) is 5.21 Å². The summed E-state index contributed by atoms with van der Waals surface area (Å²) in [5.74, 6) is 0. The number of nitrogens with one attached hydrogen (secondary N) is 1. The number of fused-ring (bicyclic) bond motifs is 1. The van der Waals surface area contributed by atoms with Crippen molar-refractivity contribution in [3.05, 3.63) is 59.3 Å². The van der Waals surface area contributed by atoms with Crippen molar-refractivity contribution >= 4 is 6.08 Å². The fraction of sp³-hybridized carbons (Fsp3) is 0.200. The van der Waals surface area contributed by atoms with Crippen LogP contribution in [-0.4, -0.2) is 5.54 Å². The van der Waals surface area contributed by atoms with E-state index in [2.05, 4.69) is 24.3 Å². The van der Waals surface area contributed by atoms with Gasteiger partial charge in [-0.3, -0.25) is 0 Å². The van der Waals surface area contributed by atoms with Gasteiger partial charge in [0.25, 0.3) is 0 Å². The van der Waals surface area contributed by atoms with E-state index in [9.17, 15) is 5.21 Å². The van der Waals surface area contributed by atoms with Crippen LogP contribution in [0.1, 0.15) is 19.4 Å². The van der Waals surface area contributed by atoms with E-state index in [4.69, 9.17) is 0 Å². The lowest BCUT2D eigenvalue weighted by Crippen LogP contribution is -2.31. The Morgan fingerprint density at radius 2 is 1.82 bits per heavy atom. The van der Waals surface area contributed by atoms with Crippen LogP contribution in [0.15, 0.2) is 48.5 Å². The van der Waals surface area contributed by atoms with Crippen LogP contribution in [-0.2, 0) is 0 Å². The summed E-state index contributed by atoms with van der Waals surface area (Å²) in [7, 11) is 0. The fourth-order valence-corrected chi connectivity index (χ4v) is 1.72. The molecule has 2 rings (SSSR count). The Labute approximate surface area is 102 Å². The molecule has 0 fully saturated rings. The number of rotatable bonds is 3. The Bertz CT molecular complexity index is 502. The van der Waals surface area contributed by atoms with Crippen molar-refractivity contribution in [3.63, 3.8) is 0 Å². The molecule has 0 aromatic carbocycles. The quantitative estimate of drug-likeness (QED) is 0.810. The molecule has 88 valence electrons. The van der Waals surface area contributed by atoms with Crippen molar-refractivity contribution < 1.29 is 0 Å².